The van der Waals surface area contributed by atoms with E-state index in [1.807, 2.05) is 23.1 Å². The minimum absolute atomic E-state index is 0.431. The molecule has 2 N–H and O–H groups in total. The molecule has 1 atom stereocenters. The second kappa shape index (κ2) is 3.98. The molecule has 2 rings (SSSR count). The van der Waals surface area contributed by atoms with Gasteiger partial charge in [0, 0.05) is 23.1 Å². The molecule has 4 heteroatoms. The number of fused-ring (bicyclic) bond motifs is 1. The highest BCUT2D eigenvalue weighted by Gasteiger charge is 2.17. The van der Waals surface area contributed by atoms with Crippen LogP contribution in [0.5, 0.6) is 0 Å². The second-order valence-corrected chi connectivity index (χ2v) is 5.58. The lowest BCUT2D eigenvalue weighted by Crippen LogP contribution is -2.08. The van der Waals surface area contributed by atoms with Gasteiger partial charge in [0.2, 0.25) is 0 Å². The first-order chi connectivity index (χ1) is 6.31. The molecule has 1 aliphatic heterocycles. The van der Waals surface area contributed by atoms with Gasteiger partial charge in [-0.25, -0.2) is 4.98 Å². The SMILES string of the molecule is CC(CN)c1nc2c(s1)CSCC2. The molecule has 0 saturated heterocycles. The Balaban J connectivity index is 2.25. The van der Waals surface area contributed by atoms with Crippen molar-refractivity contribution in [3.8, 4) is 0 Å². The third-order valence-electron chi connectivity index (χ3n) is 2.29. The Bertz CT molecular complexity index is 272. The number of thioether (sulfide) groups is 1. The lowest BCUT2D eigenvalue weighted by atomic mass is 10.2. The summed E-state index contributed by atoms with van der Waals surface area (Å²) in [5.74, 6) is 2.82. The van der Waals surface area contributed by atoms with Crippen molar-refractivity contribution in [1.29, 1.82) is 0 Å². The summed E-state index contributed by atoms with van der Waals surface area (Å²) in [4.78, 5) is 6.13. The van der Waals surface area contributed by atoms with Crippen molar-refractivity contribution in [3.05, 3.63) is 15.6 Å². The predicted octanol–water partition coefficient (Wildman–Crippen LogP) is 1.99. The Hall–Kier alpha value is -0.0600. The Labute approximate surface area is 86.9 Å². The molecule has 0 fully saturated rings. The third kappa shape index (κ3) is 1.90. The molecule has 0 bridgehead atoms. The van der Waals surface area contributed by atoms with E-state index in [0.29, 0.717) is 12.5 Å². The number of thiazole rings is 1. The highest BCUT2D eigenvalue weighted by atomic mass is 32.2. The summed E-state index contributed by atoms with van der Waals surface area (Å²) < 4.78 is 0. The molecule has 0 saturated carbocycles. The van der Waals surface area contributed by atoms with Gasteiger partial charge in [-0.3, -0.25) is 0 Å². The molecule has 0 aromatic carbocycles. The molecule has 72 valence electrons. The molecule has 1 aromatic rings. The number of hydrogen-bond donors (Lipinski definition) is 1. The summed E-state index contributed by atoms with van der Waals surface area (Å²) in [6.45, 7) is 2.86. The molecule has 0 radical (unpaired) electrons. The minimum atomic E-state index is 0.431. The zero-order chi connectivity index (χ0) is 9.26. The van der Waals surface area contributed by atoms with E-state index in [2.05, 4.69) is 11.9 Å². The first-order valence-electron chi connectivity index (χ1n) is 4.57. The van der Waals surface area contributed by atoms with Crippen LogP contribution < -0.4 is 5.73 Å². The average molecular weight is 214 g/mol. The van der Waals surface area contributed by atoms with Crippen LogP contribution in [-0.2, 0) is 12.2 Å². The number of rotatable bonds is 2. The summed E-state index contributed by atoms with van der Waals surface area (Å²) in [7, 11) is 0. The molecule has 1 unspecified atom stereocenters. The van der Waals surface area contributed by atoms with Crippen LogP contribution in [0.4, 0.5) is 0 Å². The predicted molar refractivity (Wildman–Crippen MR) is 59.4 cm³/mol. The third-order valence-corrected chi connectivity index (χ3v) is 4.78. The number of hydrogen-bond acceptors (Lipinski definition) is 4. The van der Waals surface area contributed by atoms with Crippen LogP contribution in [0.2, 0.25) is 0 Å². The maximum atomic E-state index is 5.62. The van der Waals surface area contributed by atoms with Crippen molar-refractivity contribution in [2.75, 3.05) is 12.3 Å². The van der Waals surface area contributed by atoms with Gasteiger partial charge >= 0.3 is 0 Å². The van der Waals surface area contributed by atoms with E-state index in [-0.39, 0.29) is 0 Å². The molecular formula is C9H14N2S2. The van der Waals surface area contributed by atoms with Crippen LogP contribution in [0, 0.1) is 0 Å². The van der Waals surface area contributed by atoms with Crippen molar-refractivity contribution in [1.82, 2.24) is 4.98 Å². The Kier molecular flexibility index (Phi) is 2.91. The zero-order valence-corrected chi connectivity index (χ0v) is 9.38. The number of nitrogens with zero attached hydrogens (tertiary/aromatic N) is 1. The fourth-order valence-electron chi connectivity index (χ4n) is 1.36. The fraction of sp³-hybridized carbons (Fsp3) is 0.667. The summed E-state index contributed by atoms with van der Waals surface area (Å²) in [6, 6.07) is 0. The Morgan fingerprint density at radius 3 is 3.15 bits per heavy atom. The quantitative estimate of drug-likeness (QED) is 0.818. The van der Waals surface area contributed by atoms with E-state index in [4.69, 9.17) is 5.73 Å². The monoisotopic (exact) mass is 214 g/mol. The molecular weight excluding hydrogens is 200 g/mol. The maximum absolute atomic E-state index is 5.62. The number of aromatic nitrogens is 1. The van der Waals surface area contributed by atoms with Gasteiger partial charge < -0.3 is 5.73 Å². The maximum Gasteiger partial charge on any atom is 0.0972 e. The van der Waals surface area contributed by atoms with E-state index in [0.717, 1.165) is 12.2 Å². The van der Waals surface area contributed by atoms with Crippen molar-refractivity contribution < 1.29 is 0 Å². The van der Waals surface area contributed by atoms with Gasteiger partial charge in [-0.1, -0.05) is 6.92 Å². The van der Waals surface area contributed by atoms with Crippen LogP contribution in [-0.4, -0.2) is 17.3 Å². The molecule has 2 heterocycles. The highest BCUT2D eigenvalue weighted by molar-refractivity contribution is 7.98. The highest BCUT2D eigenvalue weighted by Crippen LogP contribution is 2.31. The molecule has 2 nitrogen and oxygen atoms in total. The van der Waals surface area contributed by atoms with Crippen LogP contribution in [0.1, 0.15) is 28.4 Å². The largest absolute Gasteiger partial charge is 0.330 e. The molecule has 13 heavy (non-hydrogen) atoms. The summed E-state index contributed by atoms with van der Waals surface area (Å²) in [6.07, 6.45) is 1.15. The van der Waals surface area contributed by atoms with Crippen molar-refractivity contribution in [2.45, 2.75) is 25.0 Å². The average Bonchev–Trinajstić information content (AvgIpc) is 2.59. The van der Waals surface area contributed by atoms with Crippen LogP contribution >= 0.6 is 23.1 Å². The van der Waals surface area contributed by atoms with Gasteiger partial charge in [0.25, 0.3) is 0 Å². The van der Waals surface area contributed by atoms with E-state index in [1.54, 1.807) is 0 Å². The molecule has 1 aromatic heterocycles. The van der Waals surface area contributed by atoms with Gasteiger partial charge in [0.1, 0.15) is 0 Å². The Morgan fingerprint density at radius 1 is 1.62 bits per heavy atom. The van der Waals surface area contributed by atoms with Gasteiger partial charge in [-0.2, -0.15) is 11.8 Å². The summed E-state index contributed by atoms with van der Waals surface area (Å²) in [5.41, 5.74) is 6.96. The van der Waals surface area contributed by atoms with E-state index >= 15 is 0 Å². The standard InChI is InChI=1S/C9H14N2S2/c1-6(4-10)9-11-7-2-3-12-5-8(7)13-9/h6H,2-5,10H2,1H3. The van der Waals surface area contributed by atoms with E-state index in [9.17, 15) is 0 Å². The van der Waals surface area contributed by atoms with Crippen molar-refractivity contribution in [2.24, 2.45) is 5.73 Å². The van der Waals surface area contributed by atoms with Crippen molar-refractivity contribution in [3.63, 3.8) is 0 Å². The molecule has 0 spiro atoms. The molecule has 1 aliphatic rings. The molecule has 0 aliphatic carbocycles. The van der Waals surface area contributed by atoms with E-state index < -0.39 is 0 Å². The number of nitrogens with two attached hydrogens (primary N) is 1. The Morgan fingerprint density at radius 2 is 2.46 bits per heavy atom. The zero-order valence-electron chi connectivity index (χ0n) is 7.75. The van der Waals surface area contributed by atoms with Crippen molar-refractivity contribution >= 4 is 23.1 Å². The van der Waals surface area contributed by atoms with Crippen LogP contribution in [0.3, 0.4) is 0 Å². The van der Waals surface area contributed by atoms with Gasteiger partial charge in [-0.05, 0) is 12.2 Å². The fourth-order valence-corrected chi connectivity index (χ4v) is 3.65. The van der Waals surface area contributed by atoms with Gasteiger partial charge in [0.05, 0.1) is 10.7 Å². The lowest BCUT2D eigenvalue weighted by molar-refractivity contribution is 0.760. The van der Waals surface area contributed by atoms with Crippen LogP contribution in [0.15, 0.2) is 0 Å². The second-order valence-electron chi connectivity index (χ2n) is 3.36. The summed E-state index contributed by atoms with van der Waals surface area (Å²) >= 11 is 3.87. The normalized spacial score (nSPS) is 18.3. The van der Waals surface area contributed by atoms with Gasteiger partial charge in [-0.15, -0.1) is 11.3 Å². The topological polar surface area (TPSA) is 38.9 Å². The van der Waals surface area contributed by atoms with Gasteiger partial charge in [0.15, 0.2) is 0 Å². The van der Waals surface area contributed by atoms with E-state index in [1.165, 1.54) is 21.3 Å². The first-order valence-corrected chi connectivity index (χ1v) is 6.54. The molecule has 0 amide bonds. The van der Waals surface area contributed by atoms with Crippen LogP contribution in [0.25, 0.3) is 0 Å². The first kappa shape index (κ1) is 9.49. The minimum Gasteiger partial charge on any atom is -0.330 e. The lowest BCUT2D eigenvalue weighted by Gasteiger charge is -2.06. The smallest absolute Gasteiger partial charge is 0.0972 e. The summed E-state index contributed by atoms with van der Waals surface area (Å²) in [5, 5.41) is 1.23. The number of aryl methyl sites for hydroxylation is 1.